The zero-order valence-corrected chi connectivity index (χ0v) is 9.46. The SMILES string of the molecule is CC(C)OCc1ccc(F)c(C#CCO)c1. The van der Waals surface area contributed by atoms with Gasteiger partial charge in [0.2, 0.25) is 0 Å². The van der Waals surface area contributed by atoms with Gasteiger partial charge in [0.15, 0.2) is 0 Å². The van der Waals surface area contributed by atoms with Gasteiger partial charge in [0, 0.05) is 0 Å². The van der Waals surface area contributed by atoms with E-state index in [0.29, 0.717) is 12.2 Å². The summed E-state index contributed by atoms with van der Waals surface area (Å²) >= 11 is 0. The molecule has 0 fully saturated rings. The van der Waals surface area contributed by atoms with Crippen LogP contribution in [0.4, 0.5) is 4.39 Å². The summed E-state index contributed by atoms with van der Waals surface area (Å²) < 4.78 is 18.7. The van der Waals surface area contributed by atoms with E-state index in [2.05, 4.69) is 11.8 Å². The average Bonchev–Trinajstić information content (AvgIpc) is 2.26. The lowest BCUT2D eigenvalue weighted by atomic mass is 10.1. The van der Waals surface area contributed by atoms with Crippen LogP contribution in [0.25, 0.3) is 0 Å². The highest BCUT2D eigenvalue weighted by Gasteiger charge is 2.02. The zero-order chi connectivity index (χ0) is 12.0. The van der Waals surface area contributed by atoms with Crippen LogP contribution >= 0.6 is 0 Å². The summed E-state index contributed by atoms with van der Waals surface area (Å²) in [5.74, 6) is 4.60. The fraction of sp³-hybridized carbons (Fsp3) is 0.385. The van der Waals surface area contributed by atoms with E-state index < -0.39 is 0 Å². The molecule has 0 bridgehead atoms. The first-order valence-corrected chi connectivity index (χ1v) is 5.13. The van der Waals surface area contributed by atoms with Gasteiger partial charge in [-0.2, -0.15) is 0 Å². The van der Waals surface area contributed by atoms with Crippen LogP contribution in [0.5, 0.6) is 0 Å². The van der Waals surface area contributed by atoms with E-state index in [0.717, 1.165) is 5.56 Å². The second kappa shape index (κ2) is 6.26. The van der Waals surface area contributed by atoms with Crippen molar-refractivity contribution in [3.05, 3.63) is 35.1 Å². The van der Waals surface area contributed by atoms with Crippen molar-refractivity contribution >= 4 is 0 Å². The number of rotatable bonds is 3. The Bertz CT molecular complexity index is 402. The van der Waals surface area contributed by atoms with E-state index in [1.807, 2.05) is 13.8 Å². The predicted molar refractivity (Wildman–Crippen MR) is 60.3 cm³/mol. The van der Waals surface area contributed by atoms with Crippen LogP contribution in [-0.2, 0) is 11.3 Å². The van der Waals surface area contributed by atoms with Crippen LogP contribution in [0.3, 0.4) is 0 Å². The lowest BCUT2D eigenvalue weighted by Crippen LogP contribution is -2.02. The van der Waals surface area contributed by atoms with Crippen LogP contribution in [-0.4, -0.2) is 17.8 Å². The normalized spacial score (nSPS) is 10.1. The Morgan fingerprint density at radius 3 is 2.81 bits per heavy atom. The molecule has 0 saturated heterocycles. The molecule has 0 atom stereocenters. The minimum absolute atomic E-state index is 0.136. The van der Waals surface area contributed by atoms with Crippen molar-refractivity contribution in [1.29, 1.82) is 0 Å². The second-order valence-electron chi connectivity index (χ2n) is 3.63. The number of aliphatic hydroxyl groups is 1. The molecule has 1 aromatic carbocycles. The Labute approximate surface area is 95.1 Å². The topological polar surface area (TPSA) is 29.5 Å². The van der Waals surface area contributed by atoms with Gasteiger partial charge in [-0.25, -0.2) is 4.39 Å². The van der Waals surface area contributed by atoms with E-state index >= 15 is 0 Å². The summed E-state index contributed by atoms with van der Waals surface area (Å²) in [7, 11) is 0. The predicted octanol–water partition coefficient (Wildman–Crippen LogP) is 2.09. The standard InChI is InChI=1S/C13H15FO2/c1-10(2)16-9-11-5-6-13(14)12(8-11)4-3-7-15/h5-6,8,10,15H,7,9H2,1-2H3. The van der Waals surface area contributed by atoms with Gasteiger partial charge < -0.3 is 9.84 Å². The van der Waals surface area contributed by atoms with Crippen molar-refractivity contribution < 1.29 is 14.2 Å². The highest BCUT2D eigenvalue weighted by atomic mass is 19.1. The molecule has 0 saturated carbocycles. The van der Waals surface area contributed by atoms with Crippen LogP contribution < -0.4 is 0 Å². The van der Waals surface area contributed by atoms with Gasteiger partial charge in [0.25, 0.3) is 0 Å². The van der Waals surface area contributed by atoms with Crippen molar-refractivity contribution in [2.75, 3.05) is 6.61 Å². The summed E-state index contributed by atoms with van der Waals surface area (Å²) in [4.78, 5) is 0. The molecule has 0 unspecified atom stereocenters. The lowest BCUT2D eigenvalue weighted by molar-refractivity contribution is 0.0656. The molecule has 3 heteroatoms. The minimum Gasteiger partial charge on any atom is -0.384 e. The molecule has 0 heterocycles. The summed E-state index contributed by atoms with van der Waals surface area (Å²) in [5, 5.41) is 8.54. The summed E-state index contributed by atoms with van der Waals surface area (Å²) in [5.41, 5.74) is 1.16. The van der Waals surface area contributed by atoms with Crippen molar-refractivity contribution in [1.82, 2.24) is 0 Å². The molecule has 0 aromatic heterocycles. The molecular formula is C13H15FO2. The molecule has 2 nitrogen and oxygen atoms in total. The maximum Gasteiger partial charge on any atom is 0.138 e. The number of hydrogen-bond donors (Lipinski definition) is 1. The van der Waals surface area contributed by atoms with Crippen molar-refractivity contribution in [2.24, 2.45) is 0 Å². The van der Waals surface area contributed by atoms with Crippen LogP contribution in [0.15, 0.2) is 18.2 Å². The van der Waals surface area contributed by atoms with Gasteiger partial charge in [-0.3, -0.25) is 0 Å². The van der Waals surface area contributed by atoms with Gasteiger partial charge in [0.1, 0.15) is 12.4 Å². The molecule has 16 heavy (non-hydrogen) atoms. The summed E-state index contributed by atoms with van der Waals surface area (Å²) in [6.07, 6.45) is 0.136. The molecular weight excluding hydrogens is 207 g/mol. The maximum atomic E-state index is 13.3. The molecule has 0 radical (unpaired) electrons. The van der Waals surface area contributed by atoms with Gasteiger partial charge in [-0.1, -0.05) is 17.9 Å². The molecule has 0 aliphatic heterocycles. The Kier molecular flexibility index (Phi) is 4.97. The van der Waals surface area contributed by atoms with Gasteiger partial charge in [0.05, 0.1) is 18.3 Å². The van der Waals surface area contributed by atoms with Crippen LogP contribution in [0.1, 0.15) is 25.0 Å². The smallest absolute Gasteiger partial charge is 0.138 e. The summed E-state index contributed by atoms with van der Waals surface area (Å²) in [6.45, 7) is 4.05. The zero-order valence-electron chi connectivity index (χ0n) is 9.46. The van der Waals surface area contributed by atoms with Gasteiger partial charge in [-0.05, 0) is 31.5 Å². The molecule has 86 valence electrons. The number of halogens is 1. The number of ether oxygens (including phenoxy) is 1. The summed E-state index contributed by atoms with van der Waals surface area (Å²) in [6, 6.07) is 4.67. The van der Waals surface area contributed by atoms with E-state index in [1.165, 1.54) is 6.07 Å². The number of aliphatic hydroxyl groups excluding tert-OH is 1. The fourth-order valence-corrected chi connectivity index (χ4v) is 1.16. The van der Waals surface area contributed by atoms with E-state index in [-0.39, 0.29) is 18.5 Å². The Hall–Kier alpha value is -1.37. The van der Waals surface area contributed by atoms with E-state index in [4.69, 9.17) is 9.84 Å². The van der Waals surface area contributed by atoms with Crippen LogP contribution in [0.2, 0.25) is 0 Å². The molecule has 0 amide bonds. The Morgan fingerprint density at radius 2 is 2.19 bits per heavy atom. The van der Waals surface area contributed by atoms with Crippen molar-refractivity contribution in [2.45, 2.75) is 26.6 Å². The van der Waals surface area contributed by atoms with Crippen molar-refractivity contribution in [3.63, 3.8) is 0 Å². The lowest BCUT2D eigenvalue weighted by Gasteiger charge is -2.07. The van der Waals surface area contributed by atoms with E-state index in [9.17, 15) is 4.39 Å². The molecule has 1 N–H and O–H groups in total. The maximum absolute atomic E-state index is 13.3. The highest BCUT2D eigenvalue weighted by molar-refractivity contribution is 5.38. The quantitative estimate of drug-likeness (QED) is 0.793. The largest absolute Gasteiger partial charge is 0.384 e. The van der Waals surface area contributed by atoms with Gasteiger partial charge >= 0.3 is 0 Å². The molecule has 1 rings (SSSR count). The monoisotopic (exact) mass is 222 g/mol. The van der Waals surface area contributed by atoms with Crippen LogP contribution in [0, 0.1) is 17.7 Å². The van der Waals surface area contributed by atoms with E-state index in [1.54, 1.807) is 12.1 Å². The second-order valence-corrected chi connectivity index (χ2v) is 3.63. The number of benzene rings is 1. The fourth-order valence-electron chi connectivity index (χ4n) is 1.16. The average molecular weight is 222 g/mol. The third-order valence-corrected chi connectivity index (χ3v) is 1.92. The molecule has 1 aromatic rings. The third kappa shape index (κ3) is 4.01. The highest BCUT2D eigenvalue weighted by Crippen LogP contribution is 2.11. The Balaban J connectivity index is 2.81. The molecule has 0 spiro atoms. The minimum atomic E-state index is -0.380. The third-order valence-electron chi connectivity index (χ3n) is 1.92. The van der Waals surface area contributed by atoms with Crippen molar-refractivity contribution in [3.8, 4) is 11.8 Å². The first kappa shape index (κ1) is 12.7. The molecule has 0 aliphatic carbocycles. The first-order chi connectivity index (χ1) is 7.63. The first-order valence-electron chi connectivity index (χ1n) is 5.13. The Morgan fingerprint density at radius 1 is 1.44 bits per heavy atom. The number of hydrogen-bond acceptors (Lipinski definition) is 2. The molecule has 0 aliphatic rings. The van der Waals surface area contributed by atoms with Gasteiger partial charge in [-0.15, -0.1) is 0 Å².